The van der Waals surface area contributed by atoms with Gasteiger partial charge in [-0.1, -0.05) is 12.1 Å². The average molecular weight is 446 g/mol. The fraction of sp³-hybridized carbons (Fsp3) is 0.611. The highest BCUT2D eigenvalue weighted by Gasteiger charge is 2.16. The molecule has 0 saturated carbocycles. The Labute approximate surface area is 163 Å². The molecule has 2 N–H and O–H groups in total. The fourth-order valence-corrected chi connectivity index (χ4v) is 2.90. The van der Waals surface area contributed by atoms with Gasteiger partial charge in [-0.2, -0.15) is 0 Å². The molecule has 0 spiro atoms. The second kappa shape index (κ2) is 10.8. The minimum Gasteiger partial charge on any atom is -0.496 e. The van der Waals surface area contributed by atoms with Crippen LogP contribution in [0.5, 0.6) is 5.75 Å². The minimum absolute atomic E-state index is 0. The van der Waals surface area contributed by atoms with Crippen LogP contribution in [-0.4, -0.2) is 51.7 Å². The summed E-state index contributed by atoms with van der Waals surface area (Å²) in [5.41, 5.74) is 2.34. The Kier molecular flexibility index (Phi) is 9.43. The van der Waals surface area contributed by atoms with Gasteiger partial charge in [0.2, 0.25) is 0 Å². The summed E-state index contributed by atoms with van der Waals surface area (Å²) in [5.74, 6) is 2.51. The van der Waals surface area contributed by atoms with Crippen LogP contribution in [0, 0.1) is 12.8 Å². The lowest BCUT2D eigenvalue weighted by atomic mass is 9.97. The number of piperidine rings is 1. The number of aliphatic imine (C=N–C) groups is 1. The van der Waals surface area contributed by atoms with E-state index >= 15 is 0 Å². The zero-order valence-corrected chi connectivity index (χ0v) is 17.6. The Morgan fingerprint density at radius 3 is 2.62 bits per heavy atom. The Balaban J connectivity index is 0.00000288. The van der Waals surface area contributed by atoms with Crippen LogP contribution in [0.15, 0.2) is 23.2 Å². The van der Waals surface area contributed by atoms with Gasteiger partial charge in [0.25, 0.3) is 0 Å². The number of ether oxygens (including phenoxy) is 1. The van der Waals surface area contributed by atoms with Crippen molar-refractivity contribution in [2.24, 2.45) is 10.9 Å². The van der Waals surface area contributed by atoms with E-state index in [4.69, 9.17) is 4.74 Å². The molecule has 0 aromatic heterocycles. The van der Waals surface area contributed by atoms with Crippen LogP contribution in [-0.2, 0) is 6.54 Å². The van der Waals surface area contributed by atoms with Crippen molar-refractivity contribution in [2.45, 2.75) is 26.3 Å². The smallest absolute Gasteiger partial charge is 0.191 e. The molecule has 6 heteroatoms. The van der Waals surface area contributed by atoms with Crippen molar-refractivity contribution >= 4 is 29.9 Å². The molecule has 0 bridgehead atoms. The second-order valence-electron chi connectivity index (χ2n) is 6.37. The maximum absolute atomic E-state index is 5.45. The second-order valence-corrected chi connectivity index (χ2v) is 6.37. The number of nitrogens with zero attached hydrogens (tertiary/aromatic N) is 2. The van der Waals surface area contributed by atoms with Crippen molar-refractivity contribution in [1.29, 1.82) is 0 Å². The molecule has 136 valence electrons. The van der Waals surface area contributed by atoms with Gasteiger partial charge in [-0.25, -0.2) is 0 Å². The van der Waals surface area contributed by atoms with E-state index in [-0.39, 0.29) is 24.0 Å². The molecule has 1 aromatic carbocycles. The number of halogens is 1. The van der Waals surface area contributed by atoms with Crippen molar-refractivity contribution in [3.05, 3.63) is 29.3 Å². The monoisotopic (exact) mass is 446 g/mol. The molecule has 5 nitrogen and oxygen atoms in total. The van der Waals surface area contributed by atoms with E-state index in [1.165, 1.54) is 31.5 Å². The summed E-state index contributed by atoms with van der Waals surface area (Å²) >= 11 is 0. The molecule has 1 aromatic rings. The predicted molar refractivity (Wildman–Crippen MR) is 112 cm³/mol. The topological polar surface area (TPSA) is 48.9 Å². The summed E-state index contributed by atoms with van der Waals surface area (Å²) in [7, 11) is 5.72. The van der Waals surface area contributed by atoms with E-state index in [0.717, 1.165) is 29.7 Å². The number of guanidine groups is 1. The number of methoxy groups -OCH3 is 1. The molecule has 1 saturated heterocycles. The number of hydrogen-bond donors (Lipinski definition) is 2. The number of nitrogens with one attached hydrogen (secondary N) is 2. The summed E-state index contributed by atoms with van der Waals surface area (Å²) in [6.07, 6.45) is 2.51. The summed E-state index contributed by atoms with van der Waals surface area (Å²) in [6.45, 7) is 6.15. The van der Waals surface area contributed by atoms with Crippen molar-refractivity contribution < 1.29 is 4.74 Å². The van der Waals surface area contributed by atoms with Crippen molar-refractivity contribution in [1.82, 2.24) is 15.5 Å². The highest BCUT2D eigenvalue weighted by molar-refractivity contribution is 14.0. The van der Waals surface area contributed by atoms with Crippen LogP contribution in [0.4, 0.5) is 0 Å². The van der Waals surface area contributed by atoms with Crippen LogP contribution < -0.4 is 15.4 Å². The Morgan fingerprint density at radius 2 is 2.00 bits per heavy atom. The summed E-state index contributed by atoms with van der Waals surface area (Å²) in [4.78, 5) is 6.71. The van der Waals surface area contributed by atoms with Gasteiger partial charge in [0, 0.05) is 25.7 Å². The molecule has 1 aliphatic rings. The first-order chi connectivity index (χ1) is 11.1. The molecule has 0 unspecified atom stereocenters. The quantitative estimate of drug-likeness (QED) is 0.415. The lowest BCUT2D eigenvalue weighted by Crippen LogP contribution is -2.42. The first-order valence-corrected chi connectivity index (χ1v) is 8.39. The standard InChI is InChI=1S/C18H30N4O.HI/c1-14-5-6-16(17(11-14)23-4)13-21-18(19-2)20-12-15-7-9-22(3)10-8-15;/h5-6,11,15H,7-10,12-13H2,1-4H3,(H2,19,20,21);1H. The zero-order chi connectivity index (χ0) is 16.7. The van der Waals surface area contributed by atoms with Crippen molar-refractivity contribution in [3.8, 4) is 5.75 Å². The number of hydrogen-bond acceptors (Lipinski definition) is 3. The molecule has 24 heavy (non-hydrogen) atoms. The highest BCUT2D eigenvalue weighted by Crippen LogP contribution is 2.19. The van der Waals surface area contributed by atoms with Crippen LogP contribution in [0.25, 0.3) is 0 Å². The van der Waals surface area contributed by atoms with E-state index < -0.39 is 0 Å². The molecule has 0 amide bonds. The van der Waals surface area contributed by atoms with Crippen LogP contribution in [0.3, 0.4) is 0 Å². The first-order valence-electron chi connectivity index (χ1n) is 8.39. The molecule has 1 heterocycles. The van der Waals surface area contributed by atoms with Gasteiger partial charge in [0.15, 0.2) is 5.96 Å². The van der Waals surface area contributed by atoms with E-state index in [9.17, 15) is 0 Å². The lowest BCUT2D eigenvalue weighted by molar-refractivity contribution is 0.220. The van der Waals surface area contributed by atoms with Gasteiger partial charge in [0.1, 0.15) is 5.75 Å². The molecule has 0 atom stereocenters. The summed E-state index contributed by atoms with van der Waals surface area (Å²) in [6, 6.07) is 6.27. The molecule has 0 aliphatic carbocycles. The number of benzene rings is 1. The number of rotatable bonds is 5. The van der Waals surface area contributed by atoms with Gasteiger partial charge in [-0.05, 0) is 57.5 Å². The predicted octanol–water partition coefficient (Wildman–Crippen LogP) is 2.63. The molecule has 2 rings (SSSR count). The van der Waals surface area contributed by atoms with Crippen molar-refractivity contribution in [3.63, 3.8) is 0 Å². The number of aryl methyl sites for hydroxylation is 1. The highest BCUT2D eigenvalue weighted by atomic mass is 127. The lowest BCUT2D eigenvalue weighted by Gasteiger charge is -2.29. The third-order valence-electron chi connectivity index (χ3n) is 4.51. The normalized spacial score (nSPS) is 16.4. The Bertz CT molecular complexity index is 528. The zero-order valence-electron chi connectivity index (χ0n) is 15.3. The Morgan fingerprint density at radius 1 is 1.29 bits per heavy atom. The average Bonchev–Trinajstić information content (AvgIpc) is 2.57. The maximum atomic E-state index is 5.45. The van der Waals surface area contributed by atoms with Crippen LogP contribution in [0.1, 0.15) is 24.0 Å². The summed E-state index contributed by atoms with van der Waals surface area (Å²) in [5, 5.41) is 6.83. The van der Waals surface area contributed by atoms with Crippen LogP contribution in [0.2, 0.25) is 0 Å². The van der Waals surface area contributed by atoms with Gasteiger partial charge in [-0.15, -0.1) is 24.0 Å². The number of likely N-dealkylation sites (tertiary alicyclic amines) is 1. The fourth-order valence-electron chi connectivity index (χ4n) is 2.90. The Hall–Kier alpha value is -1.02. The van der Waals surface area contributed by atoms with E-state index in [0.29, 0.717) is 6.54 Å². The molecule has 1 aliphatic heterocycles. The molecule has 1 fully saturated rings. The van der Waals surface area contributed by atoms with Gasteiger partial charge in [0.05, 0.1) is 7.11 Å². The third kappa shape index (κ3) is 6.47. The molecular formula is C18H31IN4O. The van der Waals surface area contributed by atoms with E-state index in [1.54, 1.807) is 7.11 Å². The molecule has 0 radical (unpaired) electrons. The SMILES string of the molecule is CN=C(NCc1ccc(C)cc1OC)NCC1CCN(C)CC1.I. The maximum Gasteiger partial charge on any atom is 0.191 e. The summed E-state index contributed by atoms with van der Waals surface area (Å²) < 4.78 is 5.45. The largest absolute Gasteiger partial charge is 0.496 e. The molecular weight excluding hydrogens is 415 g/mol. The van der Waals surface area contributed by atoms with Gasteiger partial charge < -0.3 is 20.3 Å². The van der Waals surface area contributed by atoms with Crippen molar-refractivity contribution in [2.75, 3.05) is 40.8 Å². The van der Waals surface area contributed by atoms with Gasteiger partial charge >= 0.3 is 0 Å². The van der Waals surface area contributed by atoms with E-state index in [1.807, 2.05) is 7.05 Å². The van der Waals surface area contributed by atoms with Crippen LogP contribution >= 0.6 is 24.0 Å². The third-order valence-corrected chi connectivity index (χ3v) is 4.51. The minimum atomic E-state index is 0. The van der Waals surface area contributed by atoms with E-state index in [2.05, 4.69) is 52.7 Å². The first kappa shape index (κ1) is 21.0. The van der Waals surface area contributed by atoms with Gasteiger partial charge in [-0.3, -0.25) is 4.99 Å².